The van der Waals surface area contributed by atoms with E-state index < -0.39 is 0 Å². The van der Waals surface area contributed by atoms with Crippen molar-refractivity contribution in [2.45, 2.75) is 6.92 Å². The van der Waals surface area contributed by atoms with Crippen LogP contribution in [-0.2, 0) is 0 Å². The Kier molecular flexibility index (Phi) is 4.43. The first-order valence-electron chi connectivity index (χ1n) is 7.54. The predicted octanol–water partition coefficient (Wildman–Crippen LogP) is 2.21. The molecule has 0 bridgehead atoms. The maximum absolute atomic E-state index is 12.4. The molecule has 0 saturated carbocycles. The van der Waals surface area contributed by atoms with Crippen molar-refractivity contribution in [1.29, 1.82) is 0 Å². The van der Waals surface area contributed by atoms with Gasteiger partial charge in [0, 0.05) is 31.2 Å². The van der Waals surface area contributed by atoms with E-state index in [2.05, 4.69) is 15.5 Å². The lowest BCUT2D eigenvalue weighted by molar-refractivity contribution is 0.102. The van der Waals surface area contributed by atoms with Gasteiger partial charge in [-0.05, 0) is 37.3 Å². The first kappa shape index (κ1) is 15.9. The normalized spacial score (nSPS) is 10.8. The number of rotatable bonds is 5. The summed E-state index contributed by atoms with van der Waals surface area (Å²) in [6.07, 6.45) is 1.46. The molecule has 7 nitrogen and oxygen atoms in total. The van der Waals surface area contributed by atoms with Gasteiger partial charge in [0.05, 0.1) is 23.3 Å². The molecule has 0 saturated heterocycles. The summed E-state index contributed by atoms with van der Waals surface area (Å²) in [6, 6.07) is 9.12. The molecule has 7 heteroatoms. The molecule has 0 aliphatic carbocycles. The minimum Gasteiger partial charge on any atom is -0.395 e. The van der Waals surface area contributed by atoms with E-state index in [-0.39, 0.29) is 12.5 Å². The number of carbonyl (C=O) groups excluding carboxylic acids is 1. The molecule has 0 unspecified atom stereocenters. The second-order valence-corrected chi connectivity index (χ2v) is 5.49. The number of nitrogens with one attached hydrogen (secondary N) is 1. The Morgan fingerprint density at radius 2 is 2.08 bits per heavy atom. The highest BCUT2D eigenvalue weighted by atomic mass is 16.5. The lowest BCUT2D eigenvalue weighted by Gasteiger charge is -2.18. The molecule has 24 heavy (non-hydrogen) atoms. The molecule has 0 fully saturated rings. The Bertz CT molecular complexity index is 858. The Morgan fingerprint density at radius 3 is 2.79 bits per heavy atom. The second kappa shape index (κ2) is 6.67. The molecule has 124 valence electrons. The molecular weight excluding hydrogens is 308 g/mol. The third-order valence-electron chi connectivity index (χ3n) is 3.77. The largest absolute Gasteiger partial charge is 0.395 e. The molecule has 1 amide bonds. The highest BCUT2D eigenvalue weighted by molar-refractivity contribution is 6.05. The molecule has 0 spiro atoms. The minimum absolute atomic E-state index is 0.0900. The summed E-state index contributed by atoms with van der Waals surface area (Å²) in [6.45, 7) is 2.44. The van der Waals surface area contributed by atoms with Gasteiger partial charge in [-0.1, -0.05) is 5.16 Å². The van der Waals surface area contributed by atoms with Crippen LogP contribution in [0.3, 0.4) is 0 Å². The first-order valence-corrected chi connectivity index (χ1v) is 7.54. The van der Waals surface area contributed by atoms with E-state index in [1.54, 1.807) is 13.0 Å². The second-order valence-electron chi connectivity index (χ2n) is 5.49. The van der Waals surface area contributed by atoms with Gasteiger partial charge >= 0.3 is 0 Å². The van der Waals surface area contributed by atoms with Crippen molar-refractivity contribution in [2.75, 3.05) is 30.4 Å². The number of anilines is 2. The van der Waals surface area contributed by atoms with Crippen LogP contribution < -0.4 is 10.2 Å². The Hall–Kier alpha value is -2.93. The fraction of sp³-hybridized carbons (Fsp3) is 0.235. The summed E-state index contributed by atoms with van der Waals surface area (Å²) in [4.78, 5) is 18.4. The Labute approximate surface area is 138 Å². The molecule has 0 radical (unpaired) electrons. The third kappa shape index (κ3) is 3.21. The average Bonchev–Trinajstić information content (AvgIpc) is 2.96. The highest BCUT2D eigenvalue weighted by Gasteiger charge is 2.12. The summed E-state index contributed by atoms with van der Waals surface area (Å²) >= 11 is 0. The van der Waals surface area contributed by atoms with Crippen molar-refractivity contribution in [3.8, 4) is 0 Å². The van der Waals surface area contributed by atoms with Crippen LogP contribution in [-0.4, -0.2) is 41.4 Å². The molecule has 1 aromatic carbocycles. The minimum atomic E-state index is -0.249. The number of benzene rings is 1. The van der Waals surface area contributed by atoms with Crippen LogP contribution in [0.25, 0.3) is 11.1 Å². The predicted molar refractivity (Wildman–Crippen MR) is 91.3 cm³/mol. The van der Waals surface area contributed by atoms with Crippen LogP contribution in [0.15, 0.2) is 41.1 Å². The topological polar surface area (TPSA) is 91.5 Å². The lowest BCUT2D eigenvalue weighted by atomic mass is 10.2. The molecule has 2 heterocycles. The molecule has 0 aliphatic heterocycles. The van der Waals surface area contributed by atoms with E-state index in [1.165, 1.54) is 6.20 Å². The summed E-state index contributed by atoms with van der Waals surface area (Å²) in [5.74, 6) is -0.249. The number of amides is 1. The number of fused-ring (bicyclic) bond motifs is 1. The Balaban J connectivity index is 1.74. The molecule has 3 aromatic rings. The number of nitrogens with zero attached hydrogens (tertiary/aromatic N) is 3. The lowest BCUT2D eigenvalue weighted by Crippen LogP contribution is -2.21. The van der Waals surface area contributed by atoms with Crippen LogP contribution in [0, 0.1) is 6.92 Å². The third-order valence-corrected chi connectivity index (χ3v) is 3.77. The zero-order chi connectivity index (χ0) is 17.1. The van der Waals surface area contributed by atoms with Gasteiger partial charge in [-0.25, -0.2) is 4.98 Å². The van der Waals surface area contributed by atoms with Gasteiger partial charge in [-0.2, -0.15) is 0 Å². The number of aliphatic hydroxyl groups is 1. The highest BCUT2D eigenvalue weighted by Crippen LogP contribution is 2.19. The zero-order valence-corrected chi connectivity index (χ0v) is 13.5. The van der Waals surface area contributed by atoms with Gasteiger partial charge in [0.15, 0.2) is 0 Å². The smallest absolute Gasteiger partial charge is 0.257 e. The van der Waals surface area contributed by atoms with Crippen molar-refractivity contribution in [2.24, 2.45) is 0 Å². The van der Waals surface area contributed by atoms with Crippen molar-refractivity contribution < 1.29 is 14.4 Å². The van der Waals surface area contributed by atoms with E-state index in [9.17, 15) is 4.79 Å². The van der Waals surface area contributed by atoms with E-state index in [0.717, 1.165) is 11.1 Å². The monoisotopic (exact) mass is 326 g/mol. The van der Waals surface area contributed by atoms with Crippen molar-refractivity contribution in [3.63, 3.8) is 0 Å². The van der Waals surface area contributed by atoms with Crippen LogP contribution in [0.5, 0.6) is 0 Å². The fourth-order valence-corrected chi connectivity index (χ4v) is 2.35. The van der Waals surface area contributed by atoms with Gasteiger partial charge in [0.1, 0.15) is 0 Å². The quantitative estimate of drug-likeness (QED) is 0.747. The van der Waals surface area contributed by atoms with Gasteiger partial charge in [-0.15, -0.1) is 0 Å². The summed E-state index contributed by atoms with van der Waals surface area (Å²) < 4.78 is 5.04. The van der Waals surface area contributed by atoms with Crippen molar-refractivity contribution in [1.82, 2.24) is 10.1 Å². The first-order chi connectivity index (χ1) is 11.6. The Morgan fingerprint density at radius 1 is 1.33 bits per heavy atom. The molecule has 2 aromatic heterocycles. The van der Waals surface area contributed by atoms with E-state index in [0.29, 0.717) is 29.2 Å². The van der Waals surface area contributed by atoms with Crippen molar-refractivity contribution >= 4 is 28.4 Å². The number of hydrogen-bond acceptors (Lipinski definition) is 6. The molecule has 2 N–H and O–H groups in total. The van der Waals surface area contributed by atoms with Crippen LogP contribution in [0.4, 0.5) is 11.4 Å². The summed E-state index contributed by atoms with van der Waals surface area (Å²) in [7, 11) is 1.89. The fourth-order valence-electron chi connectivity index (χ4n) is 2.35. The maximum atomic E-state index is 12.4. The van der Waals surface area contributed by atoms with Crippen molar-refractivity contribution in [3.05, 3.63) is 47.8 Å². The number of likely N-dealkylation sites (N-methyl/N-ethyl adjacent to an activating group) is 1. The molecule has 3 rings (SSSR count). The van der Waals surface area contributed by atoms with Crippen LogP contribution in [0.2, 0.25) is 0 Å². The van der Waals surface area contributed by atoms with Gasteiger partial charge in [0.2, 0.25) is 0 Å². The SMILES string of the molecule is Cc1noc2ncc(C(=O)Nc3ccc(N(C)CCO)cc3)cc12. The van der Waals surface area contributed by atoms with Gasteiger partial charge in [-0.3, -0.25) is 4.79 Å². The van der Waals surface area contributed by atoms with E-state index in [4.69, 9.17) is 9.63 Å². The van der Waals surface area contributed by atoms with E-state index >= 15 is 0 Å². The number of aryl methyl sites for hydroxylation is 1. The number of hydrogen-bond donors (Lipinski definition) is 2. The number of carbonyl (C=O) groups is 1. The maximum Gasteiger partial charge on any atom is 0.257 e. The molecular formula is C17H18N4O3. The molecule has 0 atom stereocenters. The number of aromatic nitrogens is 2. The number of aliphatic hydroxyl groups excluding tert-OH is 1. The average molecular weight is 326 g/mol. The summed E-state index contributed by atoms with van der Waals surface area (Å²) in [5.41, 5.74) is 3.20. The molecule has 0 aliphatic rings. The zero-order valence-electron chi connectivity index (χ0n) is 13.5. The summed E-state index contributed by atoms with van der Waals surface area (Å²) in [5, 5.41) is 16.4. The number of pyridine rings is 1. The van der Waals surface area contributed by atoms with Crippen LogP contribution in [0.1, 0.15) is 16.1 Å². The standard InChI is InChI=1S/C17H18N4O3/c1-11-15-9-12(10-18-17(15)24-20-11)16(23)19-13-3-5-14(6-4-13)21(2)7-8-22/h3-6,9-10,22H,7-8H2,1-2H3,(H,19,23). The van der Waals surface area contributed by atoms with Crippen LogP contribution >= 0.6 is 0 Å². The van der Waals surface area contributed by atoms with Gasteiger partial charge in [0.25, 0.3) is 11.6 Å². The van der Waals surface area contributed by atoms with Gasteiger partial charge < -0.3 is 19.8 Å². The van der Waals surface area contributed by atoms with E-state index in [1.807, 2.05) is 36.2 Å².